The Kier molecular flexibility index (Phi) is 4.56. The van der Waals surface area contributed by atoms with Gasteiger partial charge in [-0.3, -0.25) is 4.79 Å². The second kappa shape index (κ2) is 6.61. The standard InChI is InChI=1S/C17H16ClN3OS/c18-13-8-4-3-7-11(13)15(22)16-14(20)12(9-19)17(23-16)21-10-5-1-2-6-10/h3-4,7-8,10,21H,1-2,5-6,20H2. The van der Waals surface area contributed by atoms with Crippen LogP contribution in [0.5, 0.6) is 0 Å². The van der Waals surface area contributed by atoms with Crippen molar-refractivity contribution < 1.29 is 4.79 Å². The maximum Gasteiger partial charge on any atom is 0.206 e. The molecule has 3 rings (SSSR count). The predicted molar refractivity (Wildman–Crippen MR) is 94.2 cm³/mol. The first-order chi connectivity index (χ1) is 11.1. The van der Waals surface area contributed by atoms with Gasteiger partial charge in [0.25, 0.3) is 0 Å². The van der Waals surface area contributed by atoms with Crippen molar-refractivity contribution in [3.05, 3.63) is 45.3 Å². The lowest BCUT2D eigenvalue weighted by atomic mass is 10.1. The molecule has 0 spiro atoms. The fraction of sp³-hybridized carbons (Fsp3) is 0.294. The van der Waals surface area contributed by atoms with Crippen molar-refractivity contribution in [1.29, 1.82) is 5.26 Å². The Morgan fingerprint density at radius 2 is 2.04 bits per heavy atom. The summed E-state index contributed by atoms with van der Waals surface area (Å²) in [6, 6.07) is 9.33. The van der Waals surface area contributed by atoms with Crippen molar-refractivity contribution in [3.8, 4) is 6.07 Å². The molecule has 1 saturated carbocycles. The van der Waals surface area contributed by atoms with Gasteiger partial charge in [0.1, 0.15) is 21.5 Å². The van der Waals surface area contributed by atoms with Gasteiger partial charge in [-0.2, -0.15) is 5.26 Å². The molecule has 0 amide bonds. The molecule has 0 saturated heterocycles. The molecule has 1 aromatic carbocycles. The molecule has 1 heterocycles. The third-order valence-electron chi connectivity index (χ3n) is 4.07. The second-order valence-corrected chi connectivity index (χ2v) is 7.02. The monoisotopic (exact) mass is 345 g/mol. The van der Waals surface area contributed by atoms with Crippen molar-refractivity contribution in [2.45, 2.75) is 31.7 Å². The number of carbonyl (C=O) groups excluding carboxylic acids is 1. The first kappa shape index (κ1) is 15.9. The quantitative estimate of drug-likeness (QED) is 0.803. The summed E-state index contributed by atoms with van der Waals surface area (Å²) in [7, 11) is 0. The Labute approximate surface area is 143 Å². The highest BCUT2D eigenvalue weighted by Gasteiger charge is 2.25. The summed E-state index contributed by atoms with van der Waals surface area (Å²) in [5.41, 5.74) is 7.06. The predicted octanol–water partition coefficient (Wildman–Crippen LogP) is 4.44. The van der Waals surface area contributed by atoms with Crippen molar-refractivity contribution in [3.63, 3.8) is 0 Å². The average molecular weight is 346 g/mol. The molecule has 1 aliphatic carbocycles. The van der Waals surface area contributed by atoms with Crippen LogP contribution in [-0.4, -0.2) is 11.8 Å². The van der Waals surface area contributed by atoms with Crippen LogP contribution in [0, 0.1) is 11.3 Å². The first-order valence-electron chi connectivity index (χ1n) is 7.50. The van der Waals surface area contributed by atoms with E-state index in [1.54, 1.807) is 24.3 Å². The van der Waals surface area contributed by atoms with Gasteiger partial charge in [0.2, 0.25) is 5.78 Å². The number of rotatable bonds is 4. The van der Waals surface area contributed by atoms with E-state index in [-0.39, 0.29) is 11.5 Å². The van der Waals surface area contributed by atoms with Crippen LogP contribution in [0.3, 0.4) is 0 Å². The van der Waals surface area contributed by atoms with Gasteiger partial charge in [0.15, 0.2) is 0 Å². The van der Waals surface area contributed by atoms with E-state index in [1.807, 2.05) is 0 Å². The molecule has 0 unspecified atom stereocenters. The maximum atomic E-state index is 12.7. The van der Waals surface area contributed by atoms with Gasteiger partial charge >= 0.3 is 0 Å². The minimum absolute atomic E-state index is 0.239. The summed E-state index contributed by atoms with van der Waals surface area (Å²) in [5.74, 6) is -0.242. The molecule has 0 atom stereocenters. The minimum atomic E-state index is -0.242. The Bertz CT molecular complexity index is 788. The summed E-state index contributed by atoms with van der Waals surface area (Å²) < 4.78 is 0. The van der Waals surface area contributed by atoms with Crippen LogP contribution in [-0.2, 0) is 0 Å². The number of hydrogen-bond acceptors (Lipinski definition) is 5. The minimum Gasteiger partial charge on any atom is -0.396 e. The van der Waals surface area contributed by atoms with Crippen LogP contribution in [0.2, 0.25) is 5.02 Å². The number of nitrogens with two attached hydrogens (primary N) is 1. The highest BCUT2D eigenvalue weighted by atomic mass is 35.5. The van der Waals surface area contributed by atoms with Crippen LogP contribution >= 0.6 is 22.9 Å². The average Bonchev–Trinajstić information content (AvgIpc) is 3.15. The van der Waals surface area contributed by atoms with Crippen LogP contribution in [0.15, 0.2) is 24.3 Å². The van der Waals surface area contributed by atoms with E-state index < -0.39 is 0 Å². The zero-order valence-electron chi connectivity index (χ0n) is 12.4. The molecule has 3 N–H and O–H groups in total. The van der Waals surface area contributed by atoms with Crippen LogP contribution < -0.4 is 11.1 Å². The molecule has 2 aromatic rings. The van der Waals surface area contributed by atoms with E-state index >= 15 is 0 Å². The molecule has 0 bridgehead atoms. The number of hydrogen-bond donors (Lipinski definition) is 2. The van der Waals surface area contributed by atoms with Crippen molar-refractivity contribution in [2.24, 2.45) is 0 Å². The van der Waals surface area contributed by atoms with E-state index in [0.29, 0.717) is 32.1 Å². The lowest BCUT2D eigenvalue weighted by Gasteiger charge is -2.11. The third-order valence-corrected chi connectivity index (χ3v) is 5.54. The third kappa shape index (κ3) is 3.05. The lowest BCUT2D eigenvalue weighted by molar-refractivity contribution is 0.104. The number of anilines is 2. The van der Waals surface area contributed by atoms with Gasteiger partial charge in [-0.25, -0.2) is 0 Å². The SMILES string of the molecule is N#Cc1c(NC2CCCC2)sc(C(=O)c2ccccc2Cl)c1N. The zero-order chi connectivity index (χ0) is 16.4. The van der Waals surface area contributed by atoms with Crippen molar-refractivity contribution >= 4 is 39.4 Å². The van der Waals surface area contributed by atoms with Crippen LogP contribution in [0.4, 0.5) is 10.7 Å². The summed E-state index contributed by atoms with van der Waals surface area (Å²) in [4.78, 5) is 13.1. The number of thiophene rings is 1. The molecule has 6 heteroatoms. The van der Waals surface area contributed by atoms with Crippen LogP contribution in [0.25, 0.3) is 0 Å². The van der Waals surface area contributed by atoms with Gasteiger partial charge < -0.3 is 11.1 Å². The largest absolute Gasteiger partial charge is 0.396 e. The van der Waals surface area contributed by atoms with E-state index in [2.05, 4.69) is 11.4 Å². The van der Waals surface area contributed by atoms with Crippen molar-refractivity contribution in [2.75, 3.05) is 11.1 Å². The fourth-order valence-electron chi connectivity index (χ4n) is 2.85. The van der Waals surface area contributed by atoms with Gasteiger partial charge in [0.05, 0.1) is 10.7 Å². The fourth-order valence-corrected chi connectivity index (χ4v) is 4.17. The van der Waals surface area contributed by atoms with Crippen LogP contribution in [0.1, 0.15) is 46.5 Å². The zero-order valence-corrected chi connectivity index (χ0v) is 14.0. The molecule has 1 aliphatic rings. The number of halogens is 1. The topological polar surface area (TPSA) is 78.9 Å². The molecule has 0 radical (unpaired) electrons. The normalized spacial score (nSPS) is 14.6. The van der Waals surface area contributed by atoms with E-state index in [9.17, 15) is 10.1 Å². The first-order valence-corrected chi connectivity index (χ1v) is 8.69. The lowest BCUT2D eigenvalue weighted by Crippen LogP contribution is -2.14. The number of nitriles is 1. The molecule has 118 valence electrons. The highest BCUT2D eigenvalue weighted by molar-refractivity contribution is 7.19. The van der Waals surface area contributed by atoms with E-state index in [0.717, 1.165) is 12.8 Å². The molecule has 4 nitrogen and oxygen atoms in total. The Morgan fingerprint density at radius 1 is 1.35 bits per heavy atom. The smallest absolute Gasteiger partial charge is 0.206 e. The van der Waals surface area contributed by atoms with Gasteiger partial charge in [-0.1, -0.05) is 36.6 Å². The Balaban J connectivity index is 1.97. The molecular formula is C17H16ClN3OS. The summed E-state index contributed by atoms with van der Waals surface area (Å²) >= 11 is 7.34. The molecule has 1 aromatic heterocycles. The number of ketones is 1. The molecule has 23 heavy (non-hydrogen) atoms. The van der Waals surface area contributed by atoms with Gasteiger partial charge in [-0.15, -0.1) is 11.3 Å². The summed E-state index contributed by atoms with van der Waals surface area (Å²) in [6.07, 6.45) is 4.53. The van der Waals surface area contributed by atoms with Crippen molar-refractivity contribution in [1.82, 2.24) is 0 Å². The molecular weight excluding hydrogens is 330 g/mol. The van der Waals surface area contributed by atoms with E-state index in [4.69, 9.17) is 17.3 Å². The summed E-state index contributed by atoms with van der Waals surface area (Å²) in [6.45, 7) is 0. The Hall–Kier alpha value is -2.03. The second-order valence-electron chi connectivity index (χ2n) is 5.60. The molecule has 1 fully saturated rings. The maximum absolute atomic E-state index is 12.7. The van der Waals surface area contributed by atoms with E-state index in [1.165, 1.54) is 24.2 Å². The summed E-state index contributed by atoms with van der Waals surface area (Å²) in [5, 5.41) is 13.8. The number of benzene rings is 1. The van der Waals surface area contributed by atoms with Gasteiger partial charge in [0, 0.05) is 11.6 Å². The highest BCUT2D eigenvalue weighted by Crippen LogP contribution is 2.38. The number of nitrogens with zero attached hydrogens (tertiary/aromatic N) is 1. The number of carbonyl (C=O) groups is 1. The Morgan fingerprint density at radius 3 is 2.70 bits per heavy atom. The number of nitrogens with one attached hydrogen (secondary N) is 1. The molecule has 0 aliphatic heterocycles. The number of nitrogen functional groups attached to an aromatic ring is 1. The van der Waals surface area contributed by atoms with Gasteiger partial charge in [-0.05, 0) is 25.0 Å².